The Morgan fingerprint density at radius 2 is 2.17 bits per heavy atom. The maximum Gasteiger partial charge on any atom is 0.290 e. The first kappa shape index (κ1) is 20.1. The van der Waals surface area contributed by atoms with Gasteiger partial charge in [0.15, 0.2) is 0 Å². The molecule has 0 radical (unpaired) electrons. The Morgan fingerprint density at radius 1 is 1.50 bits per heavy atom. The molecule has 8 heteroatoms. The number of aryl methyl sites for hydroxylation is 2. The number of hydrogen-bond donors (Lipinski definition) is 4. The molecule has 1 aliphatic rings. The van der Waals surface area contributed by atoms with Gasteiger partial charge in [0.05, 0.1) is 17.7 Å². The first-order chi connectivity index (χ1) is 11.4. The Hall–Kier alpha value is -1.93. The van der Waals surface area contributed by atoms with Gasteiger partial charge in [-0.1, -0.05) is 0 Å². The number of aromatic nitrogens is 2. The van der Waals surface area contributed by atoms with Crippen molar-refractivity contribution in [3.8, 4) is 0 Å². The minimum Gasteiger partial charge on any atom is -0.483 e. The summed E-state index contributed by atoms with van der Waals surface area (Å²) < 4.78 is 0. The van der Waals surface area contributed by atoms with Gasteiger partial charge in [-0.3, -0.25) is 14.7 Å². The predicted molar refractivity (Wildman–Crippen MR) is 89.7 cm³/mol. The molecule has 0 bridgehead atoms. The highest BCUT2D eigenvalue weighted by atomic mass is 16.3. The van der Waals surface area contributed by atoms with Gasteiger partial charge in [0.25, 0.3) is 6.47 Å². The molecule has 8 nitrogen and oxygen atoms in total. The van der Waals surface area contributed by atoms with Crippen molar-refractivity contribution >= 4 is 12.4 Å². The second-order valence-corrected chi connectivity index (χ2v) is 6.14. The van der Waals surface area contributed by atoms with E-state index in [0.717, 1.165) is 30.8 Å². The molecule has 2 heterocycles. The quantitative estimate of drug-likeness (QED) is 0.446. The molecular formula is C16H28N4O4. The number of carbonyl (C=O) groups excluding carboxylic acids is 1. The van der Waals surface area contributed by atoms with Crippen LogP contribution in [0.2, 0.25) is 0 Å². The van der Waals surface area contributed by atoms with E-state index in [1.54, 1.807) is 0 Å². The summed E-state index contributed by atoms with van der Waals surface area (Å²) >= 11 is 0. The highest BCUT2D eigenvalue weighted by Crippen LogP contribution is 2.16. The van der Waals surface area contributed by atoms with Crippen molar-refractivity contribution in [2.45, 2.75) is 39.2 Å². The fourth-order valence-electron chi connectivity index (χ4n) is 2.91. The van der Waals surface area contributed by atoms with Crippen molar-refractivity contribution in [3.05, 3.63) is 17.0 Å². The molecule has 0 aliphatic carbocycles. The molecule has 1 aliphatic heterocycles. The Morgan fingerprint density at radius 3 is 2.75 bits per heavy atom. The highest BCUT2D eigenvalue weighted by Gasteiger charge is 2.31. The fraction of sp³-hybridized carbons (Fsp3) is 0.688. The van der Waals surface area contributed by atoms with Crippen LogP contribution in [-0.2, 0) is 16.0 Å². The Bertz CT molecular complexity index is 513. The summed E-state index contributed by atoms with van der Waals surface area (Å²) in [6, 6.07) is 0. The lowest BCUT2D eigenvalue weighted by Gasteiger charge is -2.32. The Labute approximate surface area is 142 Å². The second kappa shape index (κ2) is 10.0. The predicted octanol–water partition coefficient (Wildman–Crippen LogP) is 0.0887. The number of aromatic amines is 1. The van der Waals surface area contributed by atoms with Crippen molar-refractivity contribution < 1.29 is 19.8 Å². The van der Waals surface area contributed by atoms with Gasteiger partial charge in [0, 0.05) is 25.3 Å². The maximum absolute atomic E-state index is 12.1. The lowest BCUT2D eigenvalue weighted by atomic mass is 9.94. The molecule has 0 unspecified atom stereocenters. The number of amides is 1. The number of aliphatic hydroxyl groups excluding tert-OH is 1. The lowest BCUT2D eigenvalue weighted by Crippen LogP contribution is -2.48. The monoisotopic (exact) mass is 340 g/mol. The van der Waals surface area contributed by atoms with Gasteiger partial charge >= 0.3 is 0 Å². The number of rotatable bonds is 5. The Kier molecular flexibility index (Phi) is 8.42. The SMILES string of the molecule is Cc1n[nH]c(C)c1CCCNC(=O)[C@@H]1CN(C)CC[C@@H]1O.O=CO. The topological polar surface area (TPSA) is 119 Å². The molecule has 136 valence electrons. The van der Waals surface area contributed by atoms with Crippen molar-refractivity contribution in [1.82, 2.24) is 20.4 Å². The lowest BCUT2D eigenvalue weighted by molar-refractivity contribution is -0.131. The van der Waals surface area contributed by atoms with Crippen molar-refractivity contribution in [1.29, 1.82) is 0 Å². The summed E-state index contributed by atoms with van der Waals surface area (Å²) in [4.78, 5) is 22.6. The van der Waals surface area contributed by atoms with Gasteiger partial charge in [-0.15, -0.1) is 0 Å². The molecular weight excluding hydrogens is 312 g/mol. The van der Waals surface area contributed by atoms with Crippen LogP contribution in [0, 0.1) is 19.8 Å². The third kappa shape index (κ3) is 5.93. The number of nitrogens with zero attached hydrogens (tertiary/aromatic N) is 2. The normalized spacial score (nSPS) is 20.8. The van der Waals surface area contributed by atoms with Crippen LogP contribution < -0.4 is 5.32 Å². The number of likely N-dealkylation sites (tertiary alicyclic amines) is 1. The third-order valence-corrected chi connectivity index (χ3v) is 4.30. The first-order valence-corrected chi connectivity index (χ1v) is 8.13. The number of carboxylic acid groups (broad SMARTS) is 1. The number of carbonyl (C=O) groups is 2. The van der Waals surface area contributed by atoms with Gasteiger partial charge in [0.2, 0.25) is 5.91 Å². The standard InChI is InChI=1S/C15H26N4O2.CH2O2/c1-10-12(11(2)18-17-10)5-4-7-16-15(21)13-9-19(3)8-6-14(13)20;2-1-3/h13-14,20H,4-9H2,1-3H3,(H,16,21)(H,17,18);1H,(H,2,3)/t13-,14+;/m1./s1. The van der Waals surface area contributed by atoms with Gasteiger partial charge in [-0.05, 0) is 45.7 Å². The average molecular weight is 340 g/mol. The van der Waals surface area contributed by atoms with Crippen LogP contribution in [0.5, 0.6) is 0 Å². The number of H-pyrrole nitrogens is 1. The average Bonchev–Trinajstić information content (AvgIpc) is 2.86. The summed E-state index contributed by atoms with van der Waals surface area (Å²) in [6.07, 6.45) is 1.94. The van der Waals surface area contributed by atoms with E-state index in [2.05, 4.69) is 20.4 Å². The molecule has 2 atom stereocenters. The zero-order chi connectivity index (χ0) is 18.1. The number of nitrogens with one attached hydrogen (secondary N) is 2. The zero-order valence-corrected chi connectivity index (χ0v) is 14.6. The van der Waals surface area contributed by atoms with Crippen molar-refractivity contribution in [2.24, 2.45) is 5.92 Å². The van der Waals surface area contributed by atoms with E-state index in [9.17, 15) is 9.90 Å². The van der Waals surface area contributed by atoms with Crippen molar-refractivity contribution in [3.63, 3.8) is 0 Å². The minimum atomic E-state index is -0.514. The summed E-state index contributed by atoms with van der Waals surface area (Å²) in [6.45, 7) is 5.88. The fourth-order valence-corrected chi connectivity index (χ4v) is 2.91. The zero-order valence-electron chi connectivity index (χ0n) is 14.6. The van der Waals surface area contributed by atoms with E-state index in [4.69, 9.17) is 9.90 Å². The van der Waals surface area contributed by atoms with Gasteiger partial charge in [-0.25, -0.2) is 0 Å². The van der Waals surface area contributed by atoms with Crippen LogP contribution in [0.15, 0.2) is 0 Å². The maximum atomic E-state index is 12.1. The summed E-state index contributed by atoms with van der Waals surface area (Å²) in [5, 5.41) is 26.9. The summed E-state index contributed by atoms with van der Waals surface area (Å²) in [7, 11) is 1.98. The molecule has 2 rings (SSSR count). The van der Waals surface area contributed by atoms with Crippen LogP contribution >= 0.6 is 0 Å². The molecule has 1 saturated heterocycles. The van der Waals surface area contributed by atoms with E-state index in [1.807, 2.05) is 20.9 Å². The number of aliphatic hydroxyl groups is 1. The van der Waals surface area contributed by atoms with Gasteiger partial charge in [0.1, 0.15) is 0 Å². The second-order valence-electron chi connectivity index (χ2n) is 6.14. The molecule has 0 aromatic carbocycles. The smallest absolute Gasteiger partial charge is 0.290 e. The molecule has 1 fully saturated rings. The molecule has 1 amide bonds. The van der Waals surface area contributed by atoms with E-state index < -0.39 is 6.10 Å². The number of hydrogen-bond acceptors (Lipinski definition) is 5. The molecule has 24 heavy (non-hydrogen) atoms. The van der Waals surface area contributed by atoms with Crippen LogP contribution in [0.4, 0.5) is 0 Å². The van der Waals surface area contributed by atoms with E-state index >= 15 is 0 Å². The molecule has 0 spiro atoms. The summed E-state index contributed by atoms with van der Waals surface area (Å²) in [5.41, 5.74) is 3.37. The molecule has 0 saturated carbocycles. The van der Waals surface area contributed by atoms with Crippen LogP contribution in [-0.4, -0.2) is 70.5 Å². The van der Waals surface area contributed by atoms with E-state index in [-0.39, 0.29) is 18.3 Å². The van der Waals surface area contributed by atoms with Crippen LogP contribution in [0.3, 0.4) is 0 Å². The minimum absolute atomic E-state index is 0.0327. The Balaban J connectivity index is 0.000000891. The molecule has 1 aromatic rings. The largest absolute Gasteiger partial charge is 0.483 e. The third-order valence-electron chi connectivity index (χ3n) is 4.30. The number of piperidine rings is 1. The van der Waals surface area contributed by atoms with Crippen LogP contribution in [0.1, 0.15) is 29.8 Å². The first-order valence-electron chi connectivity index (χ1n) is 8.13. The van der Waals surface area contributed by atoms with Gasteiger partial charge < -0.3 is 20.4 Å². The van der Waals surface area contributed by atoms with Crippen molar-refractivity contribution in [2.75, 3.05) is 26.7 Å². The molecule has 1 aromatic heterocycles. The van der Waals surface area contributed by atoms with Gasteiger partial charge in [-0.2, -0.15) is 5.10 Å². The highest BCUT2D eigenvalue weighted by molar-refractivity contribution is 5.79. The van der Waals surface area contributed by atoms with E-state index in [0.29, 0.717) is 19.5 Å². The molecule has 4 N–H and O–H groups in total. The van der Waals surface area contributed by atoms with E-state index in [1.165, 1.54) is 5.56 Å². The summed E-state index contributed by atoms with van der Waals surface area (Å²) in [5.74, 6) is -0.337. The van der Waals surface area contributed by atoms with Crippen LogP contribution in [0.25, 0.3) is 0 Å².